The Bertz CT molecular complexity index is 485. The van der Waals surface area contributed by atoms with Gasteiger partial charge in [0.2, 0.25) is 0 Å². The first kappa shape index (κ1) is 13.7. The van der Waals surface area contributed by atoms with E-state index in [-0.39, 0.29) is 0 Å². The van der Waals surface area contributed by atoms with Crippen molar-refractivity contribution in [2.24, 2.45) is 0 Å². The van der Waals surface area contributed by atoms with Gasteiger partial charge in [0.1, 0.15) is 6.54 Å². The number of amides is 1. The molecule has 0 atom stereocenters. The van der Waals surface area contributed by atoms with E-state index in [9.17, 15) is 18.0 Å². The van der Waals surface area contributed by atoms with Crippen LogP contribution in [0, 0.1) is 0 Å². The van der Waals surface area contributed by atoms with Crippen LogP contribution in [0.2, 0.25) is 0 Å². The Morgan fingerprint density at radius 2 is 2.16 bits per heavy atom. The number of benzene rings is 1. The van der Waals surface area contributed by atoms with E-state index in [1.165, 1.54) is 0 Å². The van der Waals surface area contributed by atoms with E-state index in [1.807, 2.05) is 6.07 Å². The fraction of sp³-hybridized carbons (Fsp3) is 0.462. The van der Waals surface area contributed by atoms with Crippen molar-refractivity contribution in [2.75, 3.05) is 25.5 Å². The van der Waals surface area contributed by atoms with Crippen LogP contribution in [0.3, 0.4) is 0 Å². The van der Waals surface area contributed by atoms with E-state index in [0.29, 0.717) is 16.2 Å². The molecule has 1 aromatic rings. The maximum Gasteiger partial charge on any atom is 0.406 e. The van der Waals surface area contributed by atoms with Crippen molar-refractivity contribution in [1.82, 2.24) is 4.90 Å². The number of carbonyl (C=O) groups is 1. The Morgan fingerprint density at radius 1 is 1.42 bits per heavy atom. The van der Waals surface area contributed by atoms with Crippen LogP contribution in [-0.2, 0) is 6.42 Å². The molecule has 1 aliphatic rings. The highest BCUT2D eigenvalue weighted by atomic mass is 19.4. The van der Waals surface area contributed by atoms with E-state index in [2.05, 4.69) is 5.32 Å². The summed E-state index contributed by atoms with van der Waals surface area (Å²) >= 11 is 0. The number of hydrogen-bond donors (Lipinski definition) is 1. The highest BCUT2D eigenvalue weighted by Crippen LogP contribution is 2.27. The van der Waals surface area contributed by atoms with Crippen LogP contribution in [0.25, 0.3) is 0 Å². The third kappa shape index (κ3) is 3.19. The Kier molecular flexibility index (Phi) is 3.68. The Labute approximate surface area is 109 Å². The van der Waals surface area contributed by atoms with Gasteiger partial charge in [0.15, 0.2) is 0 Å². The fourth-order valence-corrected chi connectivity index (χ4v) is 2.23. The quantitative estimate of drug-likeness (QED) is 0.897. The van der Waals surface area contributed by atoms with Gasteiger partial charge in [-0.3, -0.25) is 4.79 Å². The molecule has 19 heavy (non-hydrogen) atoms. The molecule has 1 N–H and O–H groups in total. The molecule has 1 aromatic carbocycles. The second-order valence-electron chi connectivity index (χ2n) is 4.65. The van der Waals surface area contributed by atoms with Crippen LogP contribution in [0.5, 0.6) is 0 Å². The minimum atomic E-state index is -4.38. The SMILES string of the molecule is CN(CC(F)(F)F)C(=O)c1cccc2c1NCCC2. The first-order chi connectivity index (χ1) is 8.88. The number of nitrogens with one attached hydrogen (secondary N) is 1. The molecule has 3 nitrogen and oxygen atoms in total. The Morgan fingerprint density at radius 3 is 2.84 bits per heavy atom. The largest absolute Gasteiger partial charge is 0.406 e. The predicted molar refractivity (Wildman–Crippen MR) is 66.3 cm³/mol. The monoisotopic (exact) mass is 272 g/mol. The number of fused-ring (bicyclic) bond motifs is 1. The summed E-state index contributed by atoms with van der Waals surface area (Å²) in [7, 11) is 1.16. The van der Waals surface area contributed by atoms with Gasteiger partial charge in [0, 0.05) is 13.6 Å². The van der Waals surface area contributed by atoms with Crippen LogP contribution in [0.15, 0.2) is 18.2 Å². The molecule has 1 heterocycles. The van der Waals surface area contributed by atoms with Crippen molar-refractivity contribution >= 4 is 11.6 Å². The van der Waals surface area contributed by atoms with Gasteiger partial charge in [-0.15, -0.1) is 0 Å². The molecule has 0 spiro atoms. The molecule has 104 valence electrons. The second-order valence-corrected chi connectivity index (χ2v) is 4.65. The number of hydrogen-bond acceptors (Lipinski definition) is 2. The second kappa shape index (κ2) is 5.11. The molecule has 1 aliphatic heterocycles. The number of aryl methyl sites for hydroxylation is 1. The van der Waals surface area contributed by atoms with Gasteiger partial charge in [-0.1, -0.05) is 12.1 Å². The van der Waals surface area contributed by atoms with Gasteiger partial charge >= 0.3 is 6.18 Å². The third-order valence-electron chi connectivity index (χ3n) is 3.07. The molecule has 2 rings (SSSR count). The topological polar surface area (TPSA) is 32.3 Å². The van der Waals surface area contributed by atoms with Crippen LogP contribution in [-0.4, -0.2) is 37.1 Å². The van der Waals surface area contributed by atoms with Crippen molar-refractivity contribution in [3.8, 4) is 0 Å². The standard InChI is InChI=1S/C13H15F3N2O/c1-18(8-13(14,15)16)12(19)10-6-2-4-9-5-3-7-17-11(9)10/h2,4,6,17H,3,5,7-8H2,1H3. The molecule has 0 saturated carbocycles. The zero-order valence-corrected chi connectivity index (χ0v) is 10.5. The summed E-state index contributed by atoms with van der Waals surface area (Å²) in [6.07, 6.45) is -2.58. The summed E-state index contributed by atoms with van der Waals surface area (Å²) in [6.45, 7) is -0.504. The van der Waals surface area contributed by atoms with Crippen LogP contribution in [0.1, 0.15) is 22.3 Å². The molecular formula is C13H15F3N2O. The number of alkyl halides is 3. The van der Waals surface area contributed by atoms with Crippen LogP contribution >= 0.6 is 0 Å². The molecule has 0 aliphatic carbocycles. The Balaban J connectivity index is 2.24. The van der Waals surface area contributed by atoms with Crippen molar-refractivity contribution in [2.45, 2.75) is 19.0 Å². The van der Waals surface area contributed by atoms with Gasteiger partial charge in [0.05, 0.1) is 11.3 Å². The average Bonchev–Trinajstić information content (AvgIpc) is 2.35. The van der Waals surface area contributed by atoms with Gasteiger partial charge in [-0.25, -0.2) is 0 Å². The molecule has 1 amide bonds. The van der Waals surface area contributed by atoms with Crippen molar-refractivity contribution in [3.63, 3.8) is 0 Å². The normalized spacial score (nSPS) is 14.5. The lowest BCUT2D eigenvalue weighted by molar-refractivity contribution is -0.138. The third-order valence-corrected chi connectivity index (χ3v) is 3.07. The van der Waals surface area contributed by atoms with Crippen LogP contribution in [0.4, 0.5) is 18.9 Å². The molecule has 0 aromatic heterocycles. The summed E-state index contributed by atoms with van der Waals surface area (Å²) in [6, 6.07) is 5.16. The molecular weight excluding hydrogens is 257 g/mol. The highest BCUT2D eigenvalue weighted by molar-refractivity contribution is 6.00. The number of nitrogens with zero attached hydrogens (tertiary/aromatic N) is 1. The average molecular weight is 272 g/mol. The van der Waals surface area contributed by atoms with Crippen molar-refractivity contribution in [1.29, 1.82) is 0 Å². The lowest BCUT2D eigenvalue weighted by Crippen LogP contribution is -2.36. The van der Waals surface area contributed by atoms with Crippen LogP contribution < -0.4 is 5.32 Å². The molecule has 0 unspecified atom stereocenters. The van der Waals surface area contributed by atoms with Gasteiger partial charge in [0.25, 0.3) is 5.91 Å². The summed E-state index contributed by atoms with van der Waals surface area (Å²) in [4.78, 5) is 12.8. The molecule has 0 radical (unpaired) electrons. The summed E-state index contributed by atoms with van der Waals surface area (Å²) in [5, 5.41) is 3.10. The lowest BCUT2D eigenvalue weighted by atomic mass is 9.99. The molecule has 0 fully saturated rings. The highest BCUT2D eigenvalue weighted by Gasteiger charge is 2.32. The summed E-state index contributed by atoms with van der Waals surface area (Å²) in [5.74, 6) is -0.608. The minimum absolute atomic E-state index is 0.309. The van der Waals surface area contributed by atoms with Crippen molar-refractivity contribution < 1.29 is 18.0 Å². The minimum Gasteiger partial charge on any atom is -0.384 e. The van der Waals surface area contributed by atoms with E-state index >= 15 is 0 Å². The fourth-order valence-electron chi connectivity index (χ4n) is 2.23. The predicted octanol–water partition coefficient (Wildman–Crippen LogP) is 2.68. The molecule has 6 heteroatoms. The summed E-state index contributed by atoms with van der Waals surface area (Å²) < 4.78 is 36.9. The van der Waals surface area contributed by atoms with Crippen molar-refractivity contribution in [3.05, 3.63) is 29.3 Å². The zero-order chi connectivity index (χ0) is 14.0. The van der Waals surface area contributed by atoms with E-state index in [1.54, 1.807) is 12.1 Å². The zero-order valence-electron chi connectivity index (χ0n) is 10.5. The number of para-hydroxylation sites is 1. The Hall–Kier alpha value is -1.72. The first-order valence-electron chi connectivity index (χ1n) is 6.06. The number of carbonyl (C=O) groups excluding carboxylic acids is 1. The van der Waals surface area contributed by atoms with E-state index in [4.69, 9.17) is 0 Å². The first-order valence-corrected chi connectivity index (χ1v) is 6.06. The van der Waals surface area contributed by atoms with Gasteiger partial charge < -0.3 is 10.2 Å². The molecule has 0 saturated heterocycles. The number of rotatable bonds is 2. The smallest absolute Gasteiger partial charge is 0.384 e. The van der Waals surface area contributed by atoms with Gasteiger partial charge in [-0.05, 0) is 24.5 Å². The van der Waals surface area contributed by atoms with Gasteiger partial charge in [-0.2, -0.15) is 13.2 Å². The van der Waals surface area contributed by atoms with E-state index in [0.717, 1.165) is 32.0 Å². The summed E-state index contributed by atoms with van der Waals surface area (Å²) in [5.41, 5.74) is 1.97. The maximum absolute atomic E-state index is 12.3. The number of halogens is 3. The molecule has 0 bridgehead atoms. The lowest BCUT2D eigenvalue weighted by Gasteiger charge is -2.24. The van der Waals surface area contributed by atoms with E-state index < -0.39 is 18.6 Å². The maximum atomic E-state index is 12.3. The number of anilines is 1.